The number of hydrogen-bond acceptors (Lipinski definition) is 6. The van der Waals surface area contributed by atoms with Gasteiger partial charge >= 0.3 is 0 Å². The summed E-state index contributed by atoms with van der Waals surface area (Å²) >= 11 is 1.39. The van der Waals surface area contributed by atoms with Gasteiger partial charge < -0.3 is 11.1 Å². The molecule has 0 fully saturated rings. The normalized spacial score (nSPS) is 13.0. The van der Waals surface area contributed by atoms with Gasteiger partial charge in [-0.05, 0) is 18.5 Å². The quantitative estimate of drug-likeness (QED) is 0.783. The van der Waals surface area contributed by atoms with Crippen LogP contribution in [0.2, 0.25) is 0 Å². The Kier molecular flexibility index (Phi) is 2.55. The highest BCUT2D eigenvalue weighted by atomic mass is 32.1. The number of anilines is 1. The predicted octanol–water partition coefficient (Wildman–Crippen LogP) is 0.845. The Morgan fingerprint density at radius 2 is 2.43 bits per heavy atom. The van der Waals surface area contributed by atoms with E-state index in [4.69, 9.17) is 5.73 Å². The molecule has 0 aromatic carbocycles. The Hall–Kier alpha value is -1.27. The first-order valence-electron chi connectivity index (χ1n) is 4.33. The summed E-state index contributed by atoms with van der Waals surface area (Å²) in [6.45, 7) is 2.54. The summed E-state index contributed by atoms with van der Waals surface area (Å²) in [5, 5.41) is 3.10. The number of nitrogens with zero attached hydrogens (tertiary/aromatic N) is 3. The molecule has 0 saturated carbocycles. The van der Waals surface area contributed by atoms with Gasteiger partial charge in [0, 0.05) is 12.6 Å². The number of fused-ring (bicyclic) bond motifs is 1. The first-order chi connectivity index (χ1) is 6.79. The molecule has 14 heavy (non-hydrogen) atoms. The Morgan fingerprint density at radius 3 is 3.21 bits per heavy atom. The third-order valence-corrected chi connectivity index (χ3v) is 2.56. The van der Waals surface area contributed by atoms with Crippen molar-refractivity contribution in [3.05, 3.63) is 12.4 Å². The molecule has 0 spiro atoms. The molecule has 6 heteroatoms. The Labute approximate surface area is 85.5 Å². The van der Waals surface area contributed by atoms with Gasteiger partial charge in [0.2, 0.25) is 5.95 Å². The van der Waals surface area contributed by atoms with Crippen LogP contribution in [0.25, 0.3) is 10.2 Å². The van der Waals surface area contributed by atoms with Gasteiger partial charge in [0.15, 0.2) is 0 Å². The van der Waals surface area contributed by atoms with Crippen LogP contribution < -0.4 is 11.1 Å². The fraction of sp³-hybridized carbons (Fsp3) is 0.375. The van der Waals surface area contributed by atoms with Crippen LogP contribution >= 0.6 is 11.5 Å². The van der Waals surface area contributed by atoms with E-state index in [1.54, 1.807) is 12.4 Å². The van der Waals surface area contributed by atoms with Crippen LogP contribution in [-0.2, 0) is 0 Å². The van der Waals surface area contributed by atoms with E-state index in [2.05, 4.69) is 19.7 Å². The molecule has 1 atom stereocenters. The topological polar surface area (TPSA) is 76.7 Å². The summed E-state index contributed by atoms with van der Waals surface area (Å²) in [4.78, 5) is 8.45. The minimum atomic E-state index is 0.180. The molecular formula is C8H11N5S. The minimum absolute atomic E-state index is 0.180. The van der Waals surface area contributed by atoms with Crippen molar-refractivity contribution in [3.63, 3.8) is 0 Å². The molecular weight excluding hydrogens is 198 g/mol. The standard InChI is InChI=1S/C8H11N5S/c1-5(2-9)12-8-10-4-7-6(13-8)3-11-14-7/h3-5H,2,9H2,1H3,(H,10,12,13). The van der Waals surface area contributed by atoms with E-state index < -0.39 is 0 Å². The number of hydrogen-bond donors (Lipinski definition) is 2. The zero-order valence-corrected chi connectivity index (χ0v) is 8.58. The second-order valence-corrected chi connectivity index (χ2v) is 3.88. The summed E-state index contributed by atoms with van der Waals surface area (Å²) in [7, 11) is 0. The van der Waals surface area contributed by atoms with E-state index >= 15 is 0 Å². The van der Waals surface area contributed by atoms with Crippen LogP contribution in [0.4, 0.5) is 5.95 Å². The first-order valence-corrected chi connectivity index (χ1v) is 5.11. The summed E-state index contributed by atoms with van der Waals surface area (Å²) < 4.78 is 5.02. The van der Waals surface area contributed by atoms with Gasteiger partial charge in [-0.15, -0.1) is 0 Å². The average Bonchev–Trinajstić information content (AvgIpc) is 2.64. The smallest absolute Gasteiger partial charge is 0.223 e. The fourth-order valence-corrected chi connectivity index (χ4v) is 1.59. The maximum atomic E-state index is 5.48. The molecule has 74 valence electrons. The molecule has 2 aromatic heterocycles. The van der Waals surface area contributed by atoms with Crippen LogP contribution in [0, 0.1) is 0 Å². The number of rotatable bonds is 3. The van der Waals surface area contributed by atoms with Crippen molar-refractivity contribution in [2.75, 3.05) is 11.9 Å². The highest BCUT2D eigenvalue weighted by Gasteiger charge is 2.03. The molecule has 5 nitrogen and oxygen atoms in total. The maximum Gasteiger partial charge on any atom is 0.223 e. The third-order valence-electron chi connectivity index (χ3n) is 1.84. The van der Waals surface area contributed by atoms with Crippen LogP contribution in [0.5, 0.6) is 0 Å². The van der Waals surface area contributed by atoms with Crippen molar-refractivity contribution in [3.8, 4) is 0 Å². The molecule has 0 aliphatic carbocycles. The second kappa shape index (κ2) is 3.85. The molecule has 0 bridgehead atoms. The van der Waals surface area contributed by atoms with E-state index in [9.17, 15) is 0 Å². The average molecular weight is 209 g/mol. The Balaban J connectivity index is 2.25. The number of nitrogens with two attached hydrogens (primary N) is 1. The summed E-state index contributed by atoms with van der Waals surface area (Å²) in [5.74, 6) is 0.607. The SMILES string of the molecule is CC(CN)Nc1ncc2sncc2n1. The van der Waals surface area contributed by atoms with Gasteiger partial charge in [0.05, 0.1) is 17.1 Å². The monoisotopic (exact) mass is 209 g/mol. The van der Waals surface area contributed by atoms with E-state index in [-0.39, 0.29) is 6.04 Å². The summed E-state index contributed by atoms with van der Waals surface area (Å²) in [6, 6.07) is 0.180. The van der Waals surface area contributed by atoms with E-state index in [1.165, 1.54) is 11.5 Å². The van der Waals surface area contributed by atoms with Crippen molar-refractivity contribution >= 4 is 27.7 Å². The zero-order chi connectivity index (χ0) is 9.97. The van der Waals surface area contributed by atoms with Gasteiger partial charge in [-0.2, -0.15) is 4.37 Å². The highest BCUT2D eigenvalue weighted by molar-refractivity contribution is 7.13. The Bertz CT molecular complexity index is 426. The van der Waals surface area contributed by atoms with E-state index in [0.717, 1.165) is 10.2 Å². The van der Waals surface area contributed by atoms with Gasteiger partial charge in [0.25, 0.3) is 0 Å². The predicted molar refractivity (Wildman–Crippen MR) is 57.3 cm³/mol. The van der Waals surface area contributed by atoms with Crippen molar-refractivity contribution in [1.82, 2.24) is 14.3 Å². The lowest BCUT2D eigenvalue weighted by Crippen LogP contribution is -2.26. The van der Waals surface area contributed by atoms with Crippen LogP contribution in [0.1, 0.15) is 6.92 Å². The lowest BCUT2D eigenvalue weighted by atomic mass is 10.3. The molecule has 0 aliphatic rings. The van der Waals surface area contributed by atoms with Crippen LogP contribution in [0.3, 0.4) is 0 Å². The van der Waals surface area contributed by atoms with Crippen LogP contribution in [0.15, 0.2) is 12.4 Å². The molecule has 0 aliphatic heterocycles. The van der Waals surface area contributed by atoms with Crippen LogP contribution in [-0.4, -0.2) is 26.9 Å². The van der Waals surface area contributed by atoms with Crippen molar-refractivity contribution in [2.45, 2.75) is 13.0 Å². The third kappa shape index (κ3) is 1.80. The van der Waals surface area contributed by atoms with Gasteiger partial charge in [-0.25, -0.2) is 9.97 Å². The second-order valence-electron chi connectivity index (χ2n) is 3.05. The maximum absolute atomic E-state index is 5.48. The van der Waals surface area contributed by atoms with E-state index in [0.29, 0.717) is 12.5 Å². The molecule has 0 radical (unpaired) electrons. The number of aromatic nitrogens is 3. The summed E-state index contributed by atoms with van der Waals surface area (Å²) in [5.41, 5.74) is 6.36. The lowest BCUT2D eigenvalue weighted by molar-refractivity contribution is 0.792. The highest BCUT2D eigenvalue weighted by Crippen LogP contribution is 2.15. The Morgan fingerprint density at radius 1 is 1.57 bits per heavy atom. The molecule has 3 N–H and O–H groups in total. The van der Waals surface area contributed by atoms with Crippen molar-refractivity contribution < 1.29 is 0 Å². The lowest BCUT2D eigenvalue weighted by Gasteiger charge is -2.09. The van der Waals surface area contributed by atoms with Gasteiger partial charge in [-0.3, -0.25) is 0 Å². The molecule has 2 aromatic rings. The van der Waals surface area contributed by atoms with E-state index in [1.807, 2.05) is 6.92 Å². The zero-order valence-electron chi connectivity index (χ0n) is 7.77. The largest absolute Gasteiger partial charge is 0.350 e. The molecule has 2 rings (SSSR count). The molecule has 0 amide bonds. The van der Waals surface area contributed by atoms with Gasteiger partial charge in [0.1, 0.15) is 5.52 Å². The fourth-order valence-electron chi connectivity index (χ4n) is 1.03. The molecule has 2 heterocycles. The number of nitrogens with one attached hydrogen (secondary N) is 1. The van der Waals surface area contributed by atoms with Gasteiger partial charge in [-0.1, -0.05) is 0 Å². The van der Waals surface area contributed by atoms with Crippen molar-refractivity contribution in [1.29, 1.82) is 0 Å². The minimum Gasteiger partial charge on any atom is -0.350 e. The van der Waals surface area contributed by atoms with Crippen molar-refractivity contribution in [2.24, 2.45) is 5.73 Å². The molecule has 1 unspecified atom stereocenters. The summed E-state index contributed by atoms with van der Waals surface area (Å²) in [6.07, 6.45) is 3.51. The first kappa shape index (κ1) is 9.29. The molecule has 0 saturated heterocycles.